The summed E-state index contributed by atoms with van der Waals surface area (Å²) < 4.78 is 21.0. The van der Waals surface area contributed by atoms with Crippen molar-refractivity contribution >= 4 is 11.6 Å². The second-order valence-corrected chi connectivity index (χ2v) is 5.24. The number of hydrogen-bond donors (Lipinski definition) is 0. The monoisotopic (exact) mass is 310 g/mol. The largest absolute Gasteiger partial charge is 0.487 e. The maximum absolute atomic E-state index is 13.4. The van der Waals surface area contributed by atoms with Crippen LogP contribution in [-0.4, -0.2) is 9.78 Å². The molecule has 1 aromatic carbocycles. The molecule has 21 heavy (non-hydrogen) atoms. The Bertz CT molecular complexity index is 581. The molecule has 0 saturated carbocycles. The summed E-state index contributed by atoms with van der Waals surface area (Å²) >= 11 is 5.72. The first-order valence-electron chi connectivity index (χ1n) is 7.18. The summed E-state index contributed by atoms with van der Waals surface area (Å²) in [6.45, 7) is 4.61. The van der Waals surface area contributed by atoms with Gasteiger partial charge in [0.1, 0.15) is 18.2 Å². The summed E-state index contributed by atoms with van der Waals surface area (Å²) in [4.78, 5) is 0. The molecule has 1 aromatic heterocycles. The summed E-state index contributed by atoms with van der Waals surface area (Å²) in [5.41, 5.74) is 1.54. The molecular weight excluding hydrogens is 291 g/mol. The summed E-state index contributed by atoms with van der Waals surface area (Å²) in [6.07, 6.45) is 4.05. The van der Waals surface area contributed by atoms with E-state index in [0.717, 1.165) is 18.5 Å². The van der Waals surface area contributed by atoms with Gasteiger partial charge < -0.3 is 4.74 Å². The van der Waals surface area contributed by atoms with Crippen molar-refractivity contribution in [3.63, 3.8) is 0 Å². The Kier molecular flexibility index (Phi) is 5.62. The highest BCUT2D eigenvalue weighted by atomic mass is 35.5. The first-order chi connectivity index (χ1) is 10.2. The summed E-state index contributed by atoms with van der Waals surface area (Å²) in [5.74, 6) is 0.394. The zero-order chi connectivity index (χ0) is 15.2. The fourth-order valence-corrected chi connectivity index (χ4v) is 2.41. The second kappa shape index (κ2) is 7.46. The van der Waals surface area contributed by atoms with Gasteiger partial charge in [0.15, 0.2) is 0 Å². The number of aromatic nitrogens is 2. The minimum atomic E-state index is -0.342. The van der Waals surface area contributed by atoms with Gasteiger partial charge in [-0.05, 0) is 36.6 Å². The predicted octanol–water partition coefficient (Wildman–Crippen LogP) is 4.70. The molecule has 0 aliphatic rings. The third kappa shape index (κ3) is 4.21. The van der Waals surface area contributed by atoms with E-state index in [-0.39, 0.29) is 11.7 Å². The average Bonchev–Trinajstić information content (AvgIpc) is 2.94. The smallest absolute Gasteiger partial charge is 0.132 e. The molecule has 0 N–H and O–H groups in total. The number of hydrogen-bond acceptors (Lipinski definition) is 2. The van der Waals surface area contributed by atoms with Crippen LogP contribution < -0.4 is 4.74 Å². The maximum atomic E-state index is 13.4. The molecule has 0 bridgehead atoms. The third-order valence-electron chi connectivity index (χ3n) is 3.45. The van der Waals surface area contributed by atoms with Gasteiger partial charge in [-0.2, -0.15) is 5.10 Å². The highest BCUT2D eigenvalue weighted by molar-refractivity contribution is 6.17. The predicted molar refractivity (Wildman–Crippen MR) is 82.1 cm³/mol. The Morgan fingerprint density at radius 3 is 2.71 bits per heavy atom. The van der Waals surface area contributed by atoms with Gasteiger partial charge in [-0.3, -0.25) is 4.68 Å². The van der Waals surface area contributed by atoms with Gasteiger partial charge >= 0.3 is 0 Å². The van der Waals surface area contributed by atoms with Gasteiger partial charge in [-0.25, -0.2) is 4.39 Å². The molecule has 2 rings (SSSR count). The van der Waals surface area contributed by atoms with Gasteiger partial charge in [0.2, 0.25) is 0 Å². The van der Waals surface area contributed by atoms with Gasteiger partial charge in [0.25, 0.3) is 0 Å². The lowest BCUT2D eigenvalue weighted by Gasteiger charge is -2.12. The molecule has 0 fully saturated rings. The SMILES string of the molecule is CCC(CC)n1ccc(COc2cc(F)cc(CCl)c2)n1. The van der Waals surface area contributed by atoms with E-state index in [1.165, 1.54) is 12.1 Å². The standard InChI is InChI=1S/C16H20ClFN2O/c1-3-15(4-2)20-6-5-14(19-20)11-21-16-8-12(10-17)7-13(18)9-16/h5-9,15H,3-4,10-11H2,1-2H3. The molecular formula is C16H20ClFN2O. The zero-order valence-corrected chi connectivity index (χ0v) is 13.1. The number of benzene rings is 1. The van der Waals surface area contributed by atoms with E-state index >= 15 is 0 Å². The third-order valence-corrected chi connectivity index (χ3v) is 3.76. The van der Waals surface area contributed by atoms with E-state index in [1.807, 2.05) is 16.9 Å². The molecule has 2 aromatic rings. The van der Waals surface area contributed by atoms with Crippen molar-refractivity contribution in [2.75, 3.05) is 0 Å². The van der Waals surface area contributed by atoms with E-state index in [1.54, 1.807) is 6.07 Å². The molecule has 114 valence electrons. The van der Waals surface area contributed by atoms with E-state index in [2.05, 4.69) is 18.9 Å². The quantitative estimate of drug-likeness (QED) is 0.693. The van der Waals surface area contributed by atoms with E-state index in [9.17, 15) is 4.39 Å². The van der Waals surface area contributed by atoms with Crippen molar-refractivity contribution in [2.45, 2.75) is 45.2 Å². The Balaban J connectivity index is 2.01. The fourth-order valence-electron chi connectivity index (χ4n) is 2.26. The van der Waals surface area contributed by atoms with Crippen molar-refractivity contribution in [3.8, 4) is 5.75 Å². The number of ether oxygens (including phenoxy) is 1. The average molecular weight is 311 g/mol. The van der Waals surface area contributed by atoms with Crippen LogP contribution in [0.25, 0.3) is 0 Å². The second-order valence-electron chi connectivity index (χ2n) is 4.97. The Hall–Kier alpha value is -1.55. The number of rotatable bonds is 7. The molecule has 0 radical (unpaired) electrons. The molecule has 0 unspecified atom stereocenters. The summed E-state index contributed by atoms with van der Waals surface area (Å²) in [5, 5.41) is 4.50. The molecule has 5 heteroatoms. The van der Waals surface area contributed by atoms with Crippen molar-refractivity contribution in [2.24, 2.45) is 0 Å². The Morgan fingerprint density at radius 1 is 1.29 bits per heavy atom. The molecule has 0 aliphatic carbocycles. The molecule has 0 spiro atoms. The lowest BCUT2D eigenvalue weighted by atomic mass is 10.2. The molecule has 0 atom stereocenters. The van der Waals surface area contributed by atoms with Crippen LogP contribution in [0.15, 0.2) is 30.5 Å². The molecule has 0 saturated heterocycles. The van der Waals surface area contributed by atoms with Gasteiger partial charge in [0, 0.05) is 18.1 Å². The normalized spacial score (nSPS) is 11.1. The van der Waals surface area contributed by atoms with Crippen LogP contribution in [0, 0.1) is 5.82 Å². The van der Waals surface area contributed by atoms with Crippen molar-refractivity contribution < 1.29 is 9.13 Å². The lowest BCUT2D eigenvalue weighted by molar-refractivity contribution is 0.295. The number of halogens is 2. The Labute approximate surface area is 129 Å². The van der Waals surface area contributed by atoms with E-state index < -0.39 is 0 Å². The van der Waals surface area contributed by atoms with Crippen LogP contribution in [-0.2, 0) is 12.5 Å². The molecule has 0 aliphatic heterocycles. The van der Waals surface area contributed by atoms with Crippen LogP contribution in [0.1, 0.15) is 44.0 Å². The van der Waals surface area contributed by atoms with E-state index in [0.29, 0.717) is 24.0 Å². The van der Waals surface area contributed by atoms with Crippen LogP contribution in [0.4, 0.5) is 4.39 Å². The first kappa shape index (κ1) is 15.8. The van der Waals surface area contributed by atoms with Gasteiger partial charge in [-0.1, -0.05) is 13.8 Å². The minimum Gasteiger partial charge on any atom is -0.487 e. The first-order valence-corrected chi connectivity index (χ1v) is 7.72. The highest BCUT2D eigenvalue weighted by Gasteiger charge is 2.08. The summed E-state index contributed by atoms with van der Waals surface area (Å²) in [7, 11) is 0. The highest BCUT2D eigenvalue weighted by Crippen LogP contribution is 2.19. The minimum absolute atomic E-state index is 0.261. The Morgan fingerprint density at radius 2 is 2.05 bits per heavy atom. The fraction of sp³-hybridized carbons (Fsp3) is 0.438. The number of nitrogens with zero attached hydrogens (tertiary/aromatic N) is 2. The maximum Gasteiger partial charge on any atom is 0.132 e. The number of alkyl halides is 1. The summed E-state index contributed by atoms with van der Waals surface area (Å²) in [6, 6.07) is 6.85. The van der Waals surface area contributed by atoms with Crippen molar-refractivity contribution in [1.82, 2.24) is 9.78 Å². The molecule has 1 heterocycles. The van der Waals surface area contributed by atoms with Crippen LogP contribution in [0.3, 0.4) is 0 Å². The topological polar surface area (TPSA) is 27.1 Å². The molecule has 3 nitrogen and oxygen atoms in total. The van der Waals surface area contributed by atoms with Crippen LogP contribution in [0.2, 0.25) is 0 Å². The van der Waals surface area contributed by atoms with Crippen LogP contribution >= 0.6 is 11.6 Å². The van der Waals surface area contributed by atoms with Crippen LogP contribution in [0.5, 0.6) is 5.75 Å². The van der Waals surface area contributed by atoms with E-state index in [4.69, 9.17) is 16.3 Å². The van der Waals surface area contributed by atoms with Gasteiger partial charge in [-0.15, -0.1) is 11.6 Å². The van der Waals surface area contributed by atoms with Crippen molar-refractivity contribution in [3.05, 3.63) is 47.5 Å². The van der Waals surface area contributed by atoms with Gasteiger partial charge in [0.05, 0.1) is 11.7 Å². The van der Waals surface area contributed by atoms with Crippen molar-refractivity contribution in [1.29, 1.82) is 0 Å². The zero-order valence-electron chi connectivity index (χ0n) is 12.4. The lowest BCUT2D eigenvalue weighted by Crippen LogP contribution is -2.08. The molecule has 0 amide bonds.